The van der Waals surface area contributed by atoms with Gasteiger partial charge in [-0.1, -0.05) is 6.58 Å². The van der Waals surface area contributed by atoms with Gasteiger partial charge in [0.15, 0.2) is 5.84 Å². The maximum Gasteiger partial charge on any atom is 0.264 e. The number of nitrogens with zero attached hydrogens (tertiary/aromatic N) is 2. The molecule has 10 nitrogen and oxygen atoms in total. The van der Waals surface area contributed by atoms with Gasteiger partial charge in [0.1, 0.15) is 29.0 Å². The minimum atomic E-state index is -0.454. The molecule has 2 N–H and O–H groups in total. The minimum absolute atomic E-state index is 0.0689. The van der Waals surface area contributed by atoms with E-state index in [9.17, 15) is 9.59 Å². The average Bonchev–Trinajstić information content (AvgIpc) is 3.36. The van der Waals surface area contributed by atoms with Gasteiger partial charge in [-0.25, -0.2) is 5.48 Å². The second-order valence-corrected chi connectivity index (χ2v) is 7.89. The number of amidine groups is 1. The number of amides is 1. The fraction of sp³-hybridized carbons (Fsp3) is 0.192. The Morgan fingerprint density at radius 2 is 1.75 bits per heavy atom. The highest BCUT2D eigenvalue weighted by atomic mass is 16.7. The van der Waals surface area contributed by atoms with Crippen molar-refractivity contribution in [3.05, 3.63) is 80.6 Å². The fourth-order valence-electron chi connectivity index (χ4n) is 3.73. The van der Waals surface area contributed by atoms with E-state index in [2.05, 4.69) is 22.4 Å². The predicted octanol–water partition coefficient (Wildman–Crippen LogP) is 1.28. The number of hydroxylamine groups is 1. The van der Waals surface area contributed by atoms with Crippen molar-refractivity contribution >= 4 is 29.9 Å². The molecule has 1 aliphatic rings. The van der Waals surface area contributed by atoms with Gasteiger partial charge in [0.2, 0.25) is 5.91 Å². The molecule has 3 aromatic rings. The Hall–Kier alpha value is -4.73. The SMILES string of the molecule is C=c1cc(C)n(CC(=O)Nc2cc(OC)ccc2OC)c(=O)c1=C1N=C(c2ccc(OC)cc2)NO1. The van der Waals surface area contributed by atoms with E-state index >= 15 is 0 Å². The van der Waals surface area contributed by atoms with Crippen molar-refractivity contribution < 1.29 is 23.8 Å². The maximum absolute atomic E-state index is 13.4. The number of benzene rings is 2. The molecule has 0 spiro atoms. The lowest BCUT2D eigenvalue weighted by molar-refractivity contribution is -0.116. The summed E-state index contributed by atoms with van der Waals surface area (Å²) in [5.41, 5.74) is 4.01. The van der Waals surface area contributed by atoms with Gasteiger partial charge < -0.3 is 28.9 Å². The van der Waals surface area contributed by atoms with Crippen LogP contribution in [0.25, 0.3) is 12.5 Å². The van der Waals surface area contributed by atoms with E-state index in [-0.39, 0.29) is 17.6 Å². The van der Waals surface area contributed by atoms with Crippen molar-refractivity contribution in [2.75, 3.05) is 26.6 Å². The molecule has 10 heteroatoms. The first-order valence-corrected chi connectivity index (χ1v) is 11.0. The first kappa shape index (κ1) is 24.4. The lowest BCUT2D eigenvalue weighted by atomic mass is 10.2. The van der Waals surface area contributed by atoms with Crippen LogP contribution in [0.1, 0.15) is 11.3 Å². The molecule has 1 amide bonds. The number of methoxy groups -OCH3 is 3. The van der Waals surface area contributed by atoms with Crippen molar-refractivity contribution in [1.29, 1.82) is 0 Å². The highest BCUT2D eigenvalue weighted by Gasteiger charge is 2.19. The third-order valence-corrected chi connectivity index (χ3v) is 5.61. The molecule has 0 radical (unpaired) electrons. The standard InChI is InChI=1S/C26H26N4O6/c1-15-12-16(2)30(14-22(31)27-20-13-19(34-4)10-11-21(20)35-5)26(32)23(15)25-28-24(29-36-25)17-6-8-18(33-3)9-7-17/h6-13H,1,14H2,2-5H3,(H,27,31)(H,28,29). The number of aliphatic imine (C=N–C) groups is 1. The lowest BCUT2D eigenvalue weighted by Crippen LogP contribution is -2.47. The van der Waals surface area contributed by atoms with Crippen LogP contribution in [0.15, 0.2) is 58.3 Å². The molecule has 0 aliphatic carbocycles. The Balaban J connectivity index is 1.68. The molecule has 0 saturated carbocycles. The van der Waals surface area contributed by atoms with Crippen LogP contribution in [0.2, 0.25) is 0 Å². The van der Waals surface area contributed by atoms with Crippen molar-refractivity contribution in [1.82, 2.24) is 10.0 Å². The van der Waals surface area contributed by atoms with Crippen molar-refractivity contribution in [3.8, 4) is 17.2 Å². The van der Waals surface area contributed by atoms with Gasteiger partial charge in [0.05, 0.1) is 27.0 Å². The summed E-state index contributed by atoms with van der Waals surface area (Å²) in [4.78, 5) is 36.3. The van der Waals surface area contributed by atoms with Crippen LogP contribution in [0.3, 0.4) is 0 Å². The highest BCUT2D eigenvalue weighted by molar-refractivity contribution is 6.01. The molecule has 1 aliphatic heterocycles. The Bertz CT molecular complexity index is 1510. The van der Waals surface area contributed by atoms with Crippen LogP contribution in [0.5, 0.6) is 17.2 Å². The van der Waals surface area contributed by atoms with Crippen LogP contribution >= 0.6 is 0 Å². The van der Waals surface area contributed by atoms with Crippen LogP contribution in [0, 0.1) is 6.92 Å². The predicted molar refractivity (Wildman–Crippen MR) is 136 cm³/mol. The number of hydrogen-bond acceptors (Lipinski definition) is 8. The largest absolute Gasteiger partial charge is 0.497 e. The highest BCUT2D eigenvalue weighted by Crippen LogP contribution is 2.28. The molecule has 0 unspecified atom stereocenters. The fourth-order valence-corrected chi connectivity index (χ4v) is 3.73. The summed E-state index contributed by atoms with van der Waals surface area (Å²) in [6, 6.07) is 13.9. The second kappa shape index (κ2) is 10.3. The Labute approximate surface area is 207 Å². The summed E-state index contributed by atoms with van der Waals surface area (Å²) in [5.74, 6) is 1.79. The van der Waals surface area contributed by atoms with Crippen LogP contribution in [-0.2, 0) is 16.2 Å². The summed E-state index contributed by atoms with van der Waals surface area (Å²) in [6.07, 6.45) is 0. The number of hydrogen-bond donors (Lipinski definition) is 2. The average molecular weight is 491 g/mol. The monoisotopic (exact) mass is 490 g/mol. The van der Waals surface area contributed by atoms with Crippen LogP contribution < -0.4 is 41.0 Å². The maximum atomic E-state index is 13.4. The van der Waals surface area contributed by atoms with Gasteiger partial charge in [-0.2, -0.15) is 4.99 Å². The second-order valence-electron chi connectivity index (χ2n) is 7.89. The molecule has 0 bridgehead atoms. The van der Waals surface area contributed by atoms with E-state index in [1.807, 2.05) is 12.1 Å². The summed E-state index contributed by atoms with van der Waals surface area (Å²) in [7, 11) is 4.61. The molecule has 36 heavy (non-hydrogen) atoms. The zero-order valence-corrected chi connectivity index (χ0v) is 20.4. The molecule has 4 rings (SSSR count). The zero-order chi connectivity index (χ0) is 25.8. The van der Waals surface area contributed by atoms with E-state index < -0.39 is 11.5 Å². The Morgan fingerprint density at radius 1 is 1.06 bits per heavy atom. The molecule has 0 saturated heterocycles. The normalized spacial score (nSPS) is 13.8. The Morgan fingerprint density at radius 3 is 2.42 bits per heavy atom. The number of rotatable bonds is 7. The molecule has 186 valence electrons. The molecule has 0 atom stereocenters. The van der Waals surface area contributed by atoms with Gasteiger partial charge in [-0.05, 0) is 54.6 Å². The quantitative estimate of drug-likeness (QED) is 0.513. The summed E-state index contributed by atoms with van der Waals surface area (Å²) >= 11 is 0. The van der Waals surface area contributed by atoms with Crippen molar-refractivity contribution in [3.63, 3.8) is 0 Å². The molecule has 2 aromatic carbocycles. The number of anilines is 1. The van der Waals surface area contributed by atoms with Gasteiger partial charge in [-0.3, -0.25) is 9.59 Å². The van der Waals surface area contributed by atoms with E-state index in [0.29, 0.717) is 39.7 Å². The molecule has 1 aromatic heterocycles. The summed E-state index contributed by atoms with van der Waals surface area (Å²) in [6.45, 7) is 5.46. The van der Waals surface area contributed by atoms with E-state index in [1.165, 1.54) is 18.8 Å². The number of aromatic nitrogens is 1. The topological polar surface area (TPSA) is 112 Å². The van der Waals surface area contributed by atoms with Gasteiger partial charge in [0, 0.05) is 17.3 Å². The van der Waals surface area contributed by atoms with E-state index in [4.69, 9.17) is 19.0 Å². The van der Waals surface area contributed by atoms with Crippen LogP contribution in [0.4, 0.5) is 5.69 Å². The number of nitrogens with one attached hydrogen (secondary N) is 2. The summed E-state index contributed by atoms with van der Waals surface area (Å²) in [5, 5.41) is 3.36. The number of pyridine rings is 1. The number of aryl methyl sites for hydroxylation is 1. The minimum Gasteiger partial charge on any atom is -0.497 e. The van der Waals surface area contributed by atoms with E-state index in [0.717, 1.165) is 5.56 Å². The summed E-state index contributed by atoms with van der Waals surface area (Å²) < 4.78 is 17.0. The number of ether oxygens (including phenoxy) is 3. The van der Waals surface area contributed by atoms with Crippen molar-refractivity contribution in [2.24, 2.45) is 4.99 Å². The third kappa shape index (κ3) is 4.88. The van der Waals surface area contributed by atoms with Gasteiger partial charge in [0.25, 0.3) is 11.4 Å². The Kier molecular flexibility index (Phi) is 6.95. The lowest BCUT2D eigenvalue weighted by Gasteiger charge is -2.14. The third-order valence-electron chi connectivity index (χ3n) is 5.61. The first-order chi connectivity index (χ1) is 17.3. The van der Waals surface area contributed by atoms with Crippen molar-refractivity contribution in [2.45, 2.75) is 13.5 Å². The van der Waals surface area contributed by atoms with Gasteiger partial charge in [-0.15, -0.1) is 0 Å². The van der Waals surface area contributed by atoms with Gasteiger partial charge >= 0.3 is 0 Å². The molecule has 0 fully saturated rings. The molecule has 2 heterocycles. The first-order valence-electron chi connectivity index (χ1n) is 11.0. The number of carbonyl (C=O) groups excluding carboxylic acids is 1. The smallest absolute Gasteiger partial charge is 0.264 e. The number of carbonyl (C=O) groups is 1. The van der Waals surface area contributed by atoms with E-state index in [1.54, 1.807) is 50.4 Å². The van der Waals surface area contributed by atoms with Crippen LogP contribution in [-0.4, -0.2) is 37.6 Å². The molecular weight excluding hydrogens is 464 g/mol. The zero-order valence-electron chi connectivity index (χ0n) is 20.4. The molecular formula is C26H26N4O6.